The Morgan fingerprint density at radius 2 is 2.00 bits per heavy atom. The lowest BCUT2D eigenvalue weighted by Gasteiger charge is -2.09. The van der Waals surface area contributed by atoms with Crippen LogP contribution < -0.4 is 11.1 Å². The highest BCUT2D eigenvalue weighted by Crippen LogP contribution is 2.04. The third-order valence-corrected chi connectivity index (χ3v) is 2.10. The summed E-state index contributed by atoms with van der Waals surface area (Å²) in [6, 6.07) is -0.0431. The Morgan fingerprint density at radius 3 is 2.53 bits per heavy atom. The third-order valence-electron chi connectivity index (χ3n) is 2.10. The van der Waals surface area contributed by atoms with Gasteiger partial charge >= 0.3 is 5.97 Å². The van der Waals surface area contributed by atoms with Gasteiger partial charge in [-0.15, -0.1) is 0 Å². The average molecular weight is 216 g/mol. The molecule has 1 atom stereocenters. The van der Waals surface area contributed by atoms with Gasteiger partial charge in [-0.3, -0.25) is 9.59 Å². The van der Waals surface area contributed by atoms with E-state index in [1.807, 2.05) is 0 Å². The van der Waals surface area contributed by atoms with E-state index in [1.165, 1.54) is 6.92 Å². The molecule has 5 nitrogen and oxygen atoms in total. The van der Waals surface area contributed by atoms with Crippen molar-refractivity contribution in [2.24, 2.45) is 5.73 Å². The minimum Gasteiger partial charge on any atom is -0.481 e. The van der Waals surface area contributed by atoms with Crippen molar-refractivity contribution in [2.45, 2.75) is 45.1 Å². The van der Waals surface area contributed by atoms with Crippen LogP contribution in [0, 0.1) is 0 Å². The van der Waals surface area contributed by atoms with E-state index in [9.17, 15) is 9.59 Å². The second kappa shape index (κ2) is 8.23. The molecule has 88 valence electrons. The molecule has 1 amide bonds. The molecule has 0 bridgehead atoms. The van der Waals surface area contributed by atoms with Crippen LogP contribution in [0.25, 0.3) is 0 Å². The van der Waals surface area contributed by atoms with E-state index in [0.717, 1.165) is 19.3 Å². The van der Waals surface area contributed by atoms with E-state index < -0.39 is 5.97 Å². The van der Waals surface area contributed by atoms with Crippen molar-refractivity contribution in [3.05, 3.63) is 0 Å². The largest absolute Gasteiger partial charge is 0.481 e. The van der Waals surface area contributed by atoms with Gasteiger partial charge in [-0.2, -0.15) is 0 Å². The Hall–Kier alpha value is -1.10. The first-order valence-corrected chi connectivity index (χ1v) is 5.24. The van der Waals surface area contributed by atoms with E-state index in [4.69, 9.17) is 10.8 Å². The van der Waals surface area contributed by atoms with E-state index in [0.29, 0.717) is 13.0 Å². The molecule has 4 N–H and O–H groups in total. The Morgan fingerprint density at radius 1 is 1.33 bits per heavy atom. The molecular formula is C10H20N2O3. The van der Waals surface area contributed by atoms with Crippen molar-refractivity contribution in [3.63, 3.8) is 0 Å². The molecule has 15 heavy (non-hydrogen) atoms. The third kappa shape index (κ3) is 10.8. The highest BCUT2D eigenvalue weighted by Gasteiger charge is 2.05. The lowest BCUT2D eigenvalue weighted by atomic mass is 10.1. The van der Waals surface area contributed by atoms with Crippen LogP contribution in [-0.4, -0.2) is 29.6 Å². The van der Waals surface area contributed by atoms with E-state index in [1.54, 1.807) is 0 Å². The number of hydrogen-bond donors (Lipinski definition) is 3. The highest BCUT2D eigenvalue weighted by atomic mass is 16.4. The molecule has 0 aromatic heterocycles. The van der Waals surface area contributed by atoms with E-state index in [2.05, 4.69) is 5.32 Å². The number of carbonyl (C=O) groups excluding carboxylic acids is 1. The first kappa shape index (κ1) is 13.9. The average Bonchev–Trinajstić information content (AvgIpc) is 2.13. The maximum atomic E-state index is 10.5. The van der Waals surface area contributed by atoms with Gasteiger partial charge in [0.1, 0.15) is 0 Å². The number of nitrogens with two attached hydrogens (primary N) is 1. The van der Waals surface area contributed by atoms with Gasteiger partial charge < -0.3 is 16.2 Å². The first-order chi connectivity index (χ1) is 7.02. The molecule has 0 aliphatic carbocycles. The smallest absolute Gasteiger partial charge is 0.303 e. The maximum absolute atomic E-state index is 10.5. The van der Waals surface area contributed by atoms with Crippen molar-refractivity contribution in [3.8, 4) is 0 Å². The number of nitrogens with one attached hydrogen (secondary N) is 1. The Kier molecular flexibility index (Phi) is 7.62. The molecule has 0 radical (unpaired) electrons. The topological polar surface area (TPSA) is 92.4 Å². The van der Waals surface area contributed by atoms with Crippen molar-refractivity contribution < 1.29 is 14.7 Å². The predicted molar refractivity (Wildman–Crippen MR) is 57.4 cm³/mol. The van der Waals surface area contributed by atoms with Crippen LogP contribution in [0.3, 0.4) is 0 Å². The quantitative estimate of drug-likeness (QED) is 0.515. The summed E-state index contributed by atoms with van der Waals surface area (Å²) < 4.78 is 0. The number of unbranched alkanes of at least 4 members (excludes halogenated alkanes) is 1. The van der Waals surface area contributed by atoms with Crippen molar-refractivity contribution in [1.82, 2.24) is 5.32 Å². The summed E-state index contributed by atoms with van der Waals surface area (Å²) in [5, 5.41) is 11.1. The molecule has 0 saturated carbocycles. The highest BCUT2D eigenvalue weighted by molar-refractivity contribution is 5.72. The molecule has 0 spiro atoms. The second-order valence-electron chi connectivity index (χ2n) is 3.67. The van der Waals surface area contributed by atoms with Gasteiger partial charge in [0.15, 0.2) is 0 Å². The molecule has 0 heterocycles. The molecule has 1 unspecified atom stereocenters. The summed E-state index contributed by atoms with van der Waals surface area (Å²) >= 11 is 0. The zero-order chi connectivity index (χ0) is 11.7. The molecule has 0 fully saturated rings. The number of hydrogen-bond acceptors (Lipinski definition) is 3. The predicted octanol–water partition coefficient (Wildman–Crippen LogP) is 0.485. The van der Waals surface area contributed by atoms with Crippen LogP contribution in [0.5, 0.6) is 0 Å². The number of rotatable bonds is 8. The fourth-order valence-electron chi connectivity index (χ4n) is 1.25. The summed E-state index contributed by atoms with van der Waals surface area (Å²) in [7, 11) is 0. The normalized spacial score (nSPS) is 12.1. The summed E-state index contributed by atoms with van der Waals surface area (Å²) in [6.45, 7) is 2.15. The molecular weight excluding hydrogens is 196 g/mol. The molecule has 0 aromatic carbocycles. The number of carbonyl (C=O) groups is 2. The second-order valence-corrected chi connectivity index (χ2v) is 3.67. The molecule has 0 aliphatic rings. The van der Waals surface area contributed by atoms with Gasteiger partial charge in [-0.1, -0.05) is 6.42 Å². The zero-order valence-corrected chi connectivity index (χ0v) is 9.16. The van der Waals surface area contributed by atoms with E-state index in [-0.39, 0.29) is 18.4 Å². The standard InChI is InChI=1S/C10H20N2O3/c1-8(13)12-7-3-2-4-9(11)5-6-10(14)15/h9H,2-7,11H2,1H3,(H,12,13)(H,14,15). The van der Waals surface area contributed by atoms with Crippen LogP contribution in [0.15, 0.2) is 0 Å². The van der Waals surface area contributed by atoms with Crippen LogP contribution in [-0.2, 0) is 9.59 Å². The summed E-state index contributed by atoms with van der Waals surface area (Å²) in [4.78, 5) is 20.8. The van der Waals surface area contributed by atoms with Crippen LogP contribution in [0.4, 0.5) is 0 Å². The summed E-state index contributed by atoms with van der Waals surface area (Å²) in [5.74, 6) is -0.825. The van der Waals surface area contributed by atoms with E-state index >= 15 is 0 Å². The lowest BCUT2D eigenvalue weighted by Crippen LogP contribution is -2.23. The van der Waals surface area contributed by atoms with Crippen LogP contribution >= 0.6 is 0 Å². The van der Waals surface area contributed by atoms with Crippen molar-refractivity contribution in [2.75, 3.05) is 6.54 Å². The summed E-state index contributed by atoms with van der Waals surface area (Å²) in [5.41, 5.74) is 5.71. The fraction of sp³-hybridized carbons (Fsp3) is 0.800. The van der Waals surface area contributed by atoms with Gasteiger partial charge in [-0.25, -0.2) is 0 Å². The minimum absolute atomic E-state index is 0.0230. The maximum Gasteiger partial charge on any atom is 0.303 e. The molecule has 0 saturated heterocycles. The molecule has 5 heteroatoms. The lowest BCUT2D eigenvalue weighted by molar-refractivity contribution is -0.137. The van der Waals surface area contributed by atoms with Crippen LogP contribution in [0.2, 0.25) is 0 Å². The summed E-state index contributed by atoms with van der Waals surface area (Å²) in [6.07, 6.45) is 3.27. The Bertz CT molecular complexity index is 207. The number of aliphatic carboxylic acids is 1. The SMILES string of the molecule is CC(=O)NCCCCC(N)CCC(=O)O. The van der Waals surface area contributed by atoms with Gasteiger partial charge in [0.25, 0.3) is 0 Å². The Balaban J connectivity index is 3.27. The van der Waals surface area contributed by atoms with Gasteiger partial charge in [-0.05, 0) is 19.3 Å². The number of carboxylic acids is 1. The van der Waals surface area contributed by atoms with Crippen molar-refractivity contribution in [1.29, 1.82) is 0 Å². The van der Waals surface area contributed by atoms with Gasteiger partial charge in [0.05, 0.1) is 0 Å². The molecule has 0 aromatic rings. The zero-order valence-electron chi connectivity index (χ0n) is 9.16. The number of amides is 1. The Labute approximate surface area is 90.0 Å². The van der Waals surface area contributed by atoms with Gasteiger partial charge in [0, 0.05) is 25.9 Å². The number of carboxylic acid groups (broad SMARTS) is 1. The van der Waals surface area contributed by atoms with Crippen LogP contribution in [0.1, 0.15) is 39.0 Å². The van der Waals surface area contributed by atoms with Crippen molar-refractivity contribution >= 4 is 11.9 Å². The fourth-order valence-corrected chi connectivity index (χ4v) is 1.25. The molecule has 0 rings (SSSR count). The van der Waals surface area contributed by atoms with Gasteiger partial charge in [0.2, 0.25) is 5.91 Å². The molecule has 0 aliphatic heterocycles. The monoisotopic (exact) mass is 216 g/mol. The first-order valence-electron chi connectivity index (χ1n) is 5.24. The minimum atomic E-state index is -0.802.